The number of aromatic nitrogens is 1. The lowest BCUT2D eigenvalue weighted by molar-refractivity contribution is 0.0774. The molecule has 0 spiro atoms. The molecule has 1 fully saturated rings. The summed E-state index contributed by atoms with van der Waals surface area (Å²) in [4.78, 5) is 3.28. The average Bonchev–Trinajstić information content (AvgIpc) is 2.89. The summed E-state index contributed by atoms with van der Waals surface area (Å²) < 4.78 is 32.5. The first kappa shape index (κ1) is 15.5. The van der Waals surface area contributed by atoms with Gasteiger partial charge in [0.25, 0.3) is 0 Å². The second-order valence-corrected chi connectivity index (χ2v) is 6.79. The van der Waals surface area contributed by atoms with E-state index in [2.05, 4.69) is 21.9 Å². The average molecular weight is 301 g/mol. The topological polar surface area (TPSA) is 83.2 Å². The van der Waals surface area contributed by atoms with Crippen molar-refractivity contribution in [2.45, 2.75) is 43.7 Å². The number of H-pyrrole nitrogens is 1. The highest BCUT2D eigenvalue weighted by Gasteiger charge is 2.23. The molecule has 3 N–H and O–H groups in total. The summed E-state index contributed by atoms with van der Waals surface area (Å²) in [6.07, 6.45) is 4.31. The zero-order chi connectivity index (χ0) is 14.4. The number of hydrogen-bond donors (Lipinski definition) is 3. The van der Waals surface area contributed by atoms with Crippen molar-refractivity contribution in [3.63, 3.8) is 0 Å². The van der Waals surface area contributed by atoms with Crippen LogP contribution in [0.5, 0.6) is 0 Å². The molecule has 6 nitrogen and oxygen atoms in total. The van der Waals surface area contributed by atoms with Gasteiger partial charge in [0.15, 0.2) is 0 Å². The van der Waals surface area contributed by atoms with Gasteiger partial charge < -0.3 is 15.0 Å². The standard InChI is InChI=1S/C13H23N3O3S/c1-2-5-14-8-12-7-13(9-15-12)20(17,18)16-11-4-3-6-19-10-11/h7,9,11,14-16H,2-6,8,10H2,1H3. The Labute approximate surface area is 120 Å². The van der Waals surface area contributed by atoms with Gasteiger partial charge in [0.2, 0.25) is 10.0 Å². The van der Waals surface area contributed by atoms with Crippen LogP contribution in [-0.2, 0) is 21.3 Å². The third-order valence-corrected chi connectivity index (χ3v) is 4.75. The largest absolute Gasteiger partial charge is 0.380 e. The Bertz CT molecular complexity index is 507. The van der Waals surface area contributed by atoms with Crippen molar-refractivity contribution < 1.29 is 13.2 Å². The highest BCUT2D eigenvalue weighted by molar-refractivity contribution is 7.89. The van der Waals surface area contributed by atoms with Crippen molar-refractivity contribution in [1.29, 1.82) is 0 Å². The lowest BCUT2D eigenvalue weighted by atomic mass is 10.1. The molecule has 1 aromatic rings. The van der Waals surface area contributed by atoms with Crippen molar-refractivity contribution in [2.75, 3.05) is 19.8 Å². The van der Waals surface area contributed by atoms with Gasteiger partial charge in [0, 0.05) is 31.1 Å². The molecule has 20 heavy (non-hydrogen) atoms. The van der Waals surface area contributed by atoms with E-state index in [9.17, 15) is 8.42 Å². The molecule has 1 aliphatic rings. The molecule has 0 bridgehead atoms. The van der Waals surface area contributed by atoms with Gasteiger partial charge in [-0.15, -0.1) is 0 Å². The quantitative estimate of drug-likeness (QED) is 0.655. The van der Waals surface area contributed by atoms with E-state index in [0.29, 0.717) is 13.2 Å². The Hall–Kier alpha value is -0.890. The Morgan fingerprint density at radius 1 is 1.50 bits per heavy atom. The summed E-state index contributed by atoms with van der Waals surface area (Å²) in [7, 11) is -3.46. The zero-order valence-corrected chi connectivity index (χ0v) is 12.6. The molecule has 0 aromatic carbocycles. The Kier molecular flexibility index (Phi) is 5.59. The van der Waals surface area contributed by atoms with Crippen LogP contribution in [0.15, 0.2) is 17.2 Å². The van der Waals surface area contributed by atoms with E-state index < -0.39 is 10.0 Å². The molecule has 114 valence electrons. The molecule has 1 atom stereocenters. The van der Waals surface area contributed by atoms with Crippen LogP contribution >= 0.6 is 0 Å². The molecule has 1 saturated heterocycles. The number of aromatic amines is 1. The SMILES string of the molecule is CCCNCc1cc(S(=O)(=O)NC2CCCOC2)c[nH]1. The first-order chi connectivity index (χ1) is 9.62. The maximum atomic E-state index is 12.2. The van der Waals surface area contributed by atoms with Crippen molar-refractivity contribution in [1.82, 2.24) is 15.0 Å². The van der Waals surface area contributed by atoms with Crippen LogP contribution in [0.3, 0.4) is 0 Å². The van der Waals surface area contributed by atoms with Crippen LogP contribution in [0.4, 0.5) is 0 Å². The summed E-state index contributed by atoms with van der Waals surface area (Å²) in [5, 5.41) is 3.23. The summed E-state index contributed by atoms with van der Waals surface area (Å²) in [5.74, 6) is 0. The maximum Gasteiger partial charge on any atom is 0.242 e. The second kappa shape index (κ2) is 7.21. The molecule has 0 aliphatic carbocycles. The van der Waals surface area contributed by atoms with Gasteiger partial charge in [0.05, 0.1) is 11.5 Å². The van der Waals surface area contributed by atoms with E-state index in [1.54, 1.807) is 6.07 Å². The number of sulfonamides is 1. The van der Waals surface area contributed by atoms with Gasteiger partial charge in [-0.2, -0.15) is 0 Å². The first-order valence-corrected chi connectivity index (χ1v) is 8.58. The van der Waals surface area contributed by atoms with Crippen LogP contribution in [0, 0.1) is 0 Å². The predicted octanol–water partition coefficient (Wildman–Crippen LogP) is 0.972. The van der Waals surface area contributed by atoms with E-state index >= 15 is 0 Å². The molecular formula is C13H23N3O3S. The smallest absolute Gasteiger partial charge is 0.242 e. The fourth-order valence-electron chi connectivity index (χ4n) is 2.20. The van der Waals surface area contributed by atoms with E-state index in [1.807, 2.05) is 0 Å². The first-order valence-electron chi connectivity index (χ1n) is 7.10. The number of rotatable bonds is 7. The third kappa shape index (κ3) is 4.31. The highest BCUT2D eigenvalue weighted by atomic mass is 32.2. The molecular weight excluding hydrogens is 278 g/mol. The van der Waals surface area contributed by atoms with Crippen LogP contribution in [-0.4, -0.2) is 39.2 Å². The van der Waals surface area contributed by atoms with Gasteiger partial charge in [0.1, 0.15) is 0 Å². The van der Waals surface area contributed by atoms with Gasteiger partial charge in [-0.25, -0.2) is 13.1 Å². The van der Waals surface area contributed by atoms with E-state index in [4.69, 9.17) is 4.74 Å². The third-order valence-electron chi connectivity index (χ3n) is 3.25. The molecule has 1 aliphatic heterocycles. The molecule has 7 heteroatoms. The van der Waals surface area contributed by atoms with Crippen LogP contribution in [0.1, 0.15) is 31.9 Å². The molecule has 2 heterocycles. The zero-order valence-electron chi connectivity index (χ0n) is 11.8. The summed E-state index contributed by atoms with van der Waals surface area (Å²) in [6.45, 7) is 4.83. The Morgan fingerprint density at radius 3 is 3.05 bits per heavy atom. The van der Waals surface area contributed by atoms with Crippen LogP contribution in [0.2, 0.25) is 0 Å². The lowest BCUT2D eigenvalue weighted by Gasteiger charge is -2.22. The number of ether oxygens (including phenoxy) is 1. The Morgan fingerprint density at radius 2 is 2.35 bits per heavy atom. The van der Waals surface area contributed by atoms with Gasteiger partial charge >= 0.3 is 0 Å². The maximum absolute atomic E-state index is 12.2. The molecule has 0 saturated carbocycles. The fourth-order valence-corrected chi connectivity index (χ4v) is 3.47. The molecule has 2 rings (SSSR count). The molecule has 0 amide bonds. The van der Waals surface area contributed by atoms with Gasteiger partial charge in [-0.1, -0.05) is 6.92 Å². The van der Waals surface area contributed by atoms with Crippen molar-refractivity contribution in [3.8, 4) is 0 Å². The highest BCUT2D eigenvalue weighted by Crippen LogP contribution is 2.14. The van der Waals surface area contributed by atoms with E-state index in [-0.39, 0.29) is 10.9 Å². The van der Waals surface area contributed by atoms with Crippen LogP contribution in [0.25, 0.3) is 0 Å². The minimum atomic E-state index is -3.46. The minimum Gasteiger partial charge on any atom is -0.380 e. The fraction of sp³-hybridized carbons (Fsp3) is 0.692. The minimum absolute atomic E-state index is 0.120. The summed E-state index contributed by atoms with van der Waals surface area (Å²) in [5.41, 5.74) is 0.874. The second-order valence-electron chi connectivity index (χ2n) is 5.07. The molecule has 0 radical (unpaired) electrons. The van der Waals surface area contributed by atoms with E-state index in [0.717, 1.165) is 38.1 Å². The van der Waals surface area contributed by atoms with Crippen molar-refractivity contribution in [3.05, 3.63) is 18.0 Å². The summed E-state index contributed by atoms with van der Waals surface area (Å²) >= 11 is 0. The van der Waals surface area contributed by atoms with Gasteiger partial charge in [-0.05, 0) is 31.9 Å². The number of nitrogens with one attached hydrogen (secondary N) is 3. The normalized spacial score (nSPS) is 20.1. The van der Waals surface area contributed by atoms with E-state index in [1.165, 1.54) is 6.20 Å². The van der Waals surface area contributed by atoms with Gasteiger partial charge in [-0.3, -0.25) is 0 Å². The lowest BCUT2D eigenvalue weighted by Crippen LogP contribution is -2.40. The molecule has 1 unspecified atom stereocenters. The van der Waals surface area contributed by atoms with Crippen molar-refractivity contribution in [2.24, 2.45) is 0 Å². The van der Waals surface area contributed by atoms with Crippen LogP contribution < -0.4 is 10.0 Å². The number of hydrogen-bond acceptors (Lipinski definition) is 4. The molecule has 1 aromatic heterocycles. The van der Waals surface area contributed by atoms with Crippen molar-refractivity contribution >= 4 is 10.0 Å². The summed E-state index contributed by atoms with van der Waals surface area (Å²) in [6, 6.07) is 1.56. The monoisotopic (exact) mass is 301 g/mol. The Balaban J connectivity index is 1.94. The predicted molar refractivity (Wildman–Crippen MR) is 77.0 cm³/mol.